The zero-order valence-electron chi connectivity index (χ0n) is 45.2. The van der Waals surface area contributed by atoms with Crippen molar-refractivity contribution < 1.29 is 34.7 Å². The molecule has 10 nitrogen and oxygen atoms in total. The molecule has 7 aliphatic carbocycles. The molecule has 76 heavy (non-hydrogen) atoms. The molecule has 10 heteroatoms. The number of benzene rings is 3. The number of ketones is 1. The highest BCUT2D eigenvalue weighted by molar-refractivity contribution is 5.90. The lowest BCUT2D eigenvalue weighted by Gasteiger charge is -2.50. The van der Waals surface area contributed by atoms with E-state index in [4.69, 9.17) is 20.2 Å². The van der Waals surface area contributed by atoms with Gasteiger partial charge in [-0.25, -0.2) is 4.99 Å². The summed E-state index contributed by atoms with van der Waals surface area (Å²) in [6, 6.07) is 17.5. The van der Waals surface area contributed by atoms with E-state index >= 15 is 0 Å². The highest BCUT2D eigenvalue weighted by Gasteiger charge is 2.50. The van der Waals surface area contributed by atoms with Crippen molar-refractivity contribution in [2.75, 3.05) is 26.9 Å². The molecule has 0 amide bonds. The molecule has 7 N–H and O–H groups in total. The van der Waals surface area contributed by atoms with E-state index in [0.29, 0.717) is 54.8 Å². The molecule has 2 spiro atoms. The smallest absolute Gasteiger partial charge is 0.189 e. The molecule has 9 atom stereocenters. The Morgan fingerprint density at radius 3 is 2.49 bits per heavy atom. The number of aliphatic imine (C=N–C) groups is 1. The van der Waals surface area contributed by atoms with Crippen molar-refractivity contribution in [1.82, 2.24) is 5.32 Å². The number of methoxy groups -OCH3 is 1. The van der Waals surface area contributed by atoms with E-state index in [1.165, 1.54) is 28.7 Å². The predicted octanol–water partition coefficient (Wildman–Crippen LogP) is 11.6. The monoisotopic (exact) mass is 1030 g/mol. The molecule has 4 fully saturated rings. The molecule has 1 aliphatic heterocycles. The summed E-state index contributed by atoms with van der Waals surface area (Å²) in [5, 5.41) is 49.9. The van der Waals surface area contributed by atoms with Gasteiger partial charge in [-0.15, -0.1) is 0 Å². The van der Waals surface area contributed by atoms with Crippen LogP contribution >= 0.6 is 0 Å². The molecule has 1 heterocycles. The molecule has 404 valence electrons. The second-order valence-corrected chi connectivity index (χ2v) is 24.6. The lowest BCUT2D eigenvalue weighted by Crippen LogP contribution is -2.50. The van der Waals surface area contributed by atoms with Crippen molar-refractivity contribution in [1.29, 1.82) is 0 Å². The molecule has 3 aromatic carbocycles. The molecule has 4 saturated carbocycles. The summed E-state index contributed by atoms with van der Waals surface area (Å²) >= 11 is 0. The first-order valence-corrected chi connectivity index (χ1v) is 29.4. The average Bonchev–Trinajstić information content (AvgIpc) is 4.17. The zero-order chi connectivity index (χ0) is 52.6. The lowest BCUT2D eigenvalue weighted by atomic mass is 9.55. The van der Waals surface area contributed by atoms with Gasteiger partial charge in [0.1, 0.15) is 5.75 Å². The number of carbonyl (C=O) groups excluding carboxylic acids is 1. The van der Waals surface area contributed by atoms with Gasteiger partial charge in [0.05, 0.1) is 30.9 Å². The molecule has 0 radical (unpaired) electrons. The van der Waals surface area contributed by atoms with Crippen molar-refractivity contribution in [2.24, 2.45) is 46.2 Å². The fourth-order valence-electron chi connectivity index (χ4n) is 16.2. The molecular formula is C66H83N3O7. The third kappa shape index (κ3) is 10.3. The number of rotatable bonds is 11. The van der Waals surface area contributed by atoms with Crippen LogP contribution in [0.25, 0.3) is 0 Å². The number of aryl methyl sites for hydroxylation is 1. The molecule has 8 bridgehead atoms. The SMILES string of the molecule is COC[C@H]1[C@@H]2c3c(O)c(OC4CCCC4)cc(CCC(=O)/C=C(\CO)[C@@H]4CCC=C[C@@H]4CO)c3C#CC[C@H]3C[C@H]1C=C1[C@@H](C[C@H](C)C[C@H]12)c1cc(O)cc(c1)C1(CCCC1)c1cccc(c1)C1(CCCCC1)NC(N)=N3. The van der Waals surface area contributed by atoms with E-state index in [0.717, 1.165) is 125 Å². The number of ether oxygens (including phenoxy) is 2. The Hall–Kier alpha value is -5.34. The molecule has 0 saturated heterocycles. The zero-order valence-corrected chi connectivity index (χ0v) is 45.2. The van der Waals surface area contributed by atoms with Gasteiger partial charge in [-0.3, -0.25) is 4.79 Å². The van der Waals surface area contributed by atoms with Crippen molar-refractivity contribution >= 4 is 11.7 Å². The van der Waals surface area contributed by atoms with Gasteiger partial charge in [-0.1, -0.05) is 105 Å². The Balaban J connectivity index is 1.11. The van der Waals surface area contributed by atoms with Gasteiger partial charge in [-0.2, -0.15) is 0 Å². The normalized spacial score (nSPS) is 29.7. The summed E-state index contributed by atoms with van der Waals surface area (Å²) in [5.41, 5.74) is 15.9. The number of fused-ring (bicyclic) bond motifs is 13. The van der Waals surface area contributed by atoms with Gasteiger partial charge in [0, 0.05) is 60.9 Å². The number of nitrogens with zero attached hydrogens (tertiary/aromatic N) is 1. The van der Waals surface area contributed by atoms with Crippen LogP contribution in [0.5, 0.6) is 17.2 Å². The van der Waals surface area contributed by atoms with Crippen LogP contribution in [-0.4, -0.2) is 71.2 Å². The van der Waals surface area contributed by atoms with Gasteiger partial charge in [0.25, 0.3) is 0 Å². The van der Waals surface area contributed by atoms with Crippen LogP contribution in [0.3, 0.4) is 0 Å². The van der Waals surface area contributed by atoms with Gasteiger partial charge >= 0.3 is 0 Å². The largest absolute Gasteiger partial charge is 0.508 e. The Bertz CT molecular complexity index is 2810. The number of phenols is 2. The standard InChI is InChI=1S/C66H83N3O7/c1-41-28-56-44-30-49(37-52(73)32-44)65(24-10-11-25-65)47-15-12-16-48(36-47)66(26-8-3-9-27-66)69-64(67)68-50-17-13-21-55-42(22-23-51(72)33-46(39-71)54-20-7-4-14-43(54)38-70)35-60(76-53-18-5-6-19-53)63(74)62(55)61-58(29-41)57(56)34-45(31-50)59(61)40-75-2/h4,12,14-16,30,32-37,41,43,45,50,53-54,56,58-59,61,70-71,73-74H,3,5-11,17-20,22-29,31,38-40H2,1-2H3,(H3,67,68,69)/b46-33+/t41-,43+,45-,50-,54+,56-,58+,59+,61+/m0/s1. The van der Waals surface area contributed by atoms with Crippen LogP contribution in [0.4, 0.5) is 0 Å². The van der Waals surface area contributed by atoms with Crippen LogP contribution in [0.2, 0.25) is 0 Å². The fraction of sp³-hybridized carbons (Fsp3) is 0.576. The number of hydrogen-bond donors (Lipinski definition) is 6. The summed E-state index contributed by atoms with van der Waals surface area (Å²) in [5.74, 6) is 8.29. The maximum atomic E-state index is 14.2. The third-order valence-corrected chi connectivity index (χ3v) is 19.9. The molecule has 0 aromatic heterocycles. The van der Waals surface area contributed by atoms with E-state index in [1.54, 1.807) is 13.2 Å². The maximum absolute atomic E-state index is 14.2. The van der Waals surface area contributed by atoms with Crippen LogP contribution in [0.15, 0.2) is 89.0 Å². The second kappa shape index (κ2) is 22.6. The van der Waals surface area contributed by atoms with E-state index < -0.39 is 5.54 Å². The number of aliphatic hydroxyl groups is 2. The van der Waals surface area contributed by atoms with Crippen LogP contribution in [0.1, 0.15) is 186 Å². The van der Waals surface area contributed by atoms with E-state index in [-0.39, 0.29) is 90.2 Å². The Morgan fingerprint density at radius 1 is 0.921 bits per heavy atom. The topological polar surface area (TPSA) is 167 Å². The summed E-state index contributed by atoms with van der Waals surface area (Å²) in [6.07, 6.45) is 26.8. The number of carbonyl (C=O) groups is 1. The van der Waals surface area contributed by atoms with Gasteiger partial charge < -0.3 is 41.0 Å². The number of nitrogens with two attached hydrogens (primary N) is 1. The van der Waals surface area contributed by atoms with E-state index in [9.17, 15) is 25.2 Å². The number of hydrogen-bond acceptors (Lipinski definition) is 10. The van der Waals surface area contributed by atoms with Crippen molar-refractivity contribution in [3.05, 3.63) is 123 Å². The van der Waals surface area contributed by atoms with Crippen LogP contribution in [0, 0.1) is 47.3 Å². The second-order valence-electron chi connectivity index (χ2n) is 24.6. The highest BCUT2D eigenvalue weighted by atomic mass is 16.5. The first kappa shape index (κ1) is 52.7. The summed E-state index contributed by atoms with van der Waals surface area (Å²) in [4.78, 5) is 19.7. The molecule has 8 aliphatic rings. The Kier molecular flexibility index (Phi) is 15.6. The highest BCUT2D eigenvalue weighted by Crippen LogP contribution is 2.60. The molecule has 0 unspecified atom stereocenters. The van der Waals surface area contributed by atoms with Crippen molar-refractivity contribution in [3.63, 3.8) is 0 Å². The minimum atomic E-state index is -0.391. The van der Waals surface area contributed by atoms with Gasteiger partial charge in [0.2, 0.25) is 0 Å². The fourth-order valence-corrected chi connectivity index (χ4v) is 16.2. The minimum Gasteiger partial charge on any atom is -0.508 e. The first-order valence-electron chi connectivity index (χ1n) is 29.4. The molecular weight excluding hydrogens is 947 g/mol. The quantitative estimate of drug-likeness (QED) is 0.0622. The minimum absolute atomic E-state index is 0.00356. The molecule has 3 aromatic rings. The number of aromatic hydroxyl groups is 2. The third-order valence-electron chi connectivity index (χ3n) is 19.9. The first-order chi connectivity index (χ1) is 37.0. The molecule has 11 rings (SSSR count). The predicted molar refractivity (Wildman–Crippen MR) is 299 cm³/mol. The Morgan fingerprint density at radius 2 is 1.71 bits per heavy atom. The van der Waals surface area contributed by atoms with Crippen LogP contribution in [-0.2, 0) is 26.9 Å². The van der Waals surface area contributed by atoms with E-state index in [2.05, 4.69) is 72.6 Å². The summed E-state index contributed by atoms with van der Waals surface area (Å²) in [7, 11) is 1.79. The summed E-state index contributed by atoms with van der Waals surface area (Å²) in [6.45, 7) is 2.52. The number of phenolic OH excluding ortho intramolecular Hbond substituents is 2. The van der Waals surface area contributed by atoms with Crippen molar-refractivity contribution in [3.8, 4) is 29.1 Å². The number of guanidine groups is 1. The maximum Gasteiger partial charge on any atom is 0.189 e. The number of nitrogens with one attached hydrogen (secondary N) is 1. The van der Waals surface area contributed by atoms with Crippen molar-refractivity contribution in [2.45, 2.75) is 177 Å². The summed E-state index contributed by atoms with van der Waals surface area (Å²) < 4.78 is 13.2. The number of allylic oxidation sites excluding steroid dienone is 4. The average molecular weight is 1030 g/mol. The van der Waals surface area contributed by atoms with Crippen LogP contribution < -0.4 is 15.8 Å². The van der Waals surface area contributed by atoms with Gasteiger partial charge in [0.15, 0.2) is 23.2 Å². The Labute approximate surface area is 451 Å². The van der Waals surface area contributed by atoms with E-state index in [1.807, 2.05) is 18.2 Å². The lowest BCUT2D eigenvalue weighted by molar-refractivity contribution is -0.114. The van der Waals surface area contributed by atoms with Gasteiger partial charge in [-0.05, 0) is 177 Å². The number of aliphatic hydroxyl groups excluding tert-OH is 2.